The van der Waals surface area contributed by atoms with E-state index in [-0.39, 0.29) is 30.3 Å². The number of carbonyl (C=O) groups excluding carboxylic acids is 1. The van der Waals surface area contributed by atoms with Crippen molar-refractivity contribution in [2.45, 2.75) is 89.0 Å². The van der Waals surface area contributed by atoms with Crippen LogP contribution in [0.2, 0.25) is 0 Å². The van der Waals surface area contributed by atoms with Crippen LogP contribution in [0.4, 0.5) is 18.0 Å². The highest BCUT2D eigenvalue weighted by atomic mass is 19.4. The molecule has 2 saturated heterocycles. The Morgan fingerprint density at radius 3 is 2.24 bits per heavy atom. The van der Waals surface area contributed by atoms with Crippen LogP contribution in [-0.4, -0.2) is 35.2 Å². The molecule has 0 spiro atoms. The molecular weight excluding hydrogens is 329 g/mol. The third kappa shape index (κ3) is 3.25. The van der Waals surface area contributed by atoms with Gasteiger partial charge in [0.15, 0.2) is 0 Å². The lowest BCUT2D eigenvalue weighted by atomic mass is 9.64. The predicted octanol–water partition coefficient (Wildman–Crippen LogP) is 4.72. The summed E-state index contributed by atoms with van der Waals surface area (Å²) in [4.78, 5) is 14.6. The number of nitrogens with zero attached hydrogens (tertiary/aromatic N) is 1. The van der Waals surface area contributed by atoms with Gasteiger partial charge in [-0.3, -0.25) is 0 Å². The number of fused-ring (bicyclic) bond motifs is 2. The van der Waals surface area contributed by atoms with Crippen LogP contribution in [0.25, 0.3) is 0 Å². The molecule has 2 amide bonds. The number of carbonyl (C=O) groups is 1. The summed E-state index contributed by atoms with van der Waals surface area (Å²) in [7, 11) is 0. The van der Waals surface area contributed by atoms with Crippen LogP contribution >= 0.6 is 0 Å². The van der Waals surface area contributed by atoms with Gasteiger partial charge in [0.1, 0.15) is 0 Å². The Kier molecular flexibility index (Phi) is 4.43. The van der Waals surface area contributed by atoms with E-state index in [1.807, 2.05) is 4.90 Å². The Hall–Kier alpha value is -0.940. The predicted molar refractivity (Wildman–Crippen MR) is 89.0 cm³/mol. The molecule has 0 aromatic heterocycles. The van der Waals surface area contributed by atoms with Gasteiger partial charge in [0.25, 0.3) is 0 Å². The Morgan fingerprint density at radius 2 is 1.68 bits per heavy atom. The summed E-state index contributed by atoms with van der Waals surface area (Å²) in [5, 5.41) is 3.09. The van der Waals surface area contributed by atoms with Gasteiger partial charge in [-0.15, -0.1) is 0 Å². The summed E-state index contributed by atoms with van der Waals surface area (Å²) in [5.74, 6) is -0.590. The lowest BCUT2D eigenvalue weighted by Crippen LogP contribution is -2.66. The highest BCUT2D eigenvalue weighted by Gasteiger charge is 2.51. The molecule has 0 aromatic carbocycles. The Morgan fingerprint density at radius 1 is 1.00 bits per heavy atom. The lowest BCUT2D eigenvalue weighted by Gasteiger charge is -2.55. The first-order valence-electron chi connectivity index (χ1n) is 9.98. The van der Waals surface area contributed by atoms with Gasteiger partial charge in [0.05, 0.1) is 5.92 Å². The van der Waals surface area contributed by atoms with Crippen molar-refractivity contribution in [3.8, 4) is 0 Å². The Balaban J connectivity index is 1.36. The molecule has 5 atom stereocenters. The molecule has 5 aliphatic rings. The first-order chi connectivity index (χ1) is 11.8. The molecule has 3 saturated carbocycles. The summed E-state index contributed by atoms with van der Waals surface area (Å²) in [5.41, 5.74) is 0. The van der Waals surface area contributed by atoms with E-state index in [2.05, 4.69) is 12.2 Å². The highest BCUT2D eigenvalue weighted by molar-refractivity contribution is 5.76. The zero-order valence-electron chi connectivity index (χ0n) is 14.9. The van der Waals surface area contributed by atoms with Crippen molar-refractivity contribution in [2.75, 3.05) is 0 Å². The van der Waals surface area contributed by atoms with Gasteiger partial charge >= 0.3 is 12.2 Å². The maximum absolute atomic E-state index is 13.4. The number of urea groups is 1. The van der Waals surface area contributed by atoms with Gasteiger partial charge in [-0.25, -0.2) is 4.79 Å². The van der Waals surface area contributed by atoms with Crippen LogP contribution in [0.15, 0.2) is 0 Å². The number of hydrogen-bond donors (Lipinski definition) is 1. The van der Waals surface area contributed by atoms with E-state index in [1.165, 1.54) is 0 Å². The van der Waals surface area contributed by atoms with Crippen molar-refractivity contribution in [1.29, 1.82) is 0 Å². The van der Waals surface area contributed by atoms with E-state index in [1.54, 1.807) is 0 Å². The zero-order valence-corrected chi connectivity index (χ0v) is 14.9. The average Bonchev–Trinajstić information content (AvgIpc) is 2.43. The normalized spacial score (nSPS) is 41.7. The summed E-state index contributed by atoms with van der Waals surface area (Å²) in [6.07, 6.45) is 3.16. The standard InChI is InChI=1S/C19H29F3N2O/c1-11-7-14-10-15(8-11)24(14)18(25)23-13-5-6-17(19(20,21)22)16(9-13)12-3-2-4-12/h11-17H,2-10H2,1H3,(H,23,25). The van der Waals surface area contributed by atoms with Crippen LogP contribution in [-0.2, 0) is 0 Å². The molecule has 6 heteroatoms. The molecule has 5 unspecified atom stereocenters. The van der Waals surface area contributed by atoms with Crippen LogP contribution in [0.3, 0.4) is 0 Å². The molecule has 3 nitrogen and oxygen atoms in total. The minimum absolute atomic E-state index is 0.0315. The number of piperidine rings is 1. The quantitative estimate of drug-likeness (QED) is 0.761. The molecule has 5 rings (SSSR count). The second-order valence-corrected chi connectivity index (χ2v) is 8.99. The van der Waals surface area contributed by atoms with Crippen molar-refractivity contribution in [1.82, 2.24) is 10.2 Å². The van der Waals surface area contributed by atoms with E-state index in [9.17, 15) is 18.0 Å². The van der Waals surface area contributed by atoms with Crippen molar-refractivity contribution in [3.63, 3.8) is 0 Å². The first kappa shape index (κ1) is 17.5. The largest absolute Gasteiger partial charge is 0.392 e. The van der Waals surface area contributed by atoms with Crippen molar-refractivity contribution in [3.05, 3.63) is 0 Å². The van der Waals surface area contributed by atoms with Crippen molar-refractivity contribution in [2.24, 2.45) is 23.7 Å². The van der Waals surface area contributed by atoms with Gasteiger partial charge < -0.3 is 10.2 Å². The van der Waals surface area contributed by atoms with E-state index >= 15 is 0 Å². The number of alkyl halides is 3. The van der Waals surface area contributed by atoms with E-state index in [4.69, 9.17) is 0 Å². The maximum Gasteiger partial charge on any atom is 0.392 e. The molecule has 2 bridgehead atoms. The SMILES string of the molecule is CC1CC2CC(C1)N2C(=O)NC1CCC(C(F)(F)F)C(C2CCC2)C1. The second kappa shape index (κ2) is 6.34. The number of nitrogens with one attached hydrogen (secondary N) is 1. The smallest absolute Gasteiger partial charge is 0.335 e. The average molecular weight is 358 g/mol. The molecular formula is C19H29F3N2O. The number of hydrogen-bond acceptors (Lipinski definition) is 1. The van der Waals surface area contributed by atoms with Crippen LogP contribution in [0.1, 0.15) is 64.7 Å². The summed E-state index contributed by atoms with van der Waals surface area (Å²) < 4.78 is 40.2. The van der Waals surface area contributed by atoms with E-state index in [0.29, 0.717) is 30.8 Å². The summed E-state index contributed by atoms with van der Waals surface area (Å²) in [6.45, 7) is 2.23. The van der Waals surface area contributed by atoms with Gasteiger partial charge in [-0.2, -0.15) is 13.2 Å². The van der Waals surface area contributed by atoms with Crippen LogP contribution in [0.5, 0.6) is 0 Å². The first-order valence-corrected chi connectivity index (χ1v) is 9.98. The minimum Gasteiger partial charge on any atom is -0.335 e. The van der Waals surface area contributed by atoms with E-state index in [0.717, 1.165) is 38.5 Å². The number of halogens is 3. The Labute approximate surface area is 147 Å². The molecule has 0 radical (unpaired) electrons. The number of rotatable bonds is 2. The van der Waals surface area contributed by atoms with Crippen molar-refractivity contribution < 1.29 is 18.0 Å². The molecule has 142 valence electrons. The highest BCUT2D eigenvalue weighted by Crippen LogP contribution is 2.50. The molecule has 2 heterocycles. The summed E-state index contributed by atoms with van der Waals surface area (Å²) >= 11 is 0. The molecule has 25 heavy (non-hydrogen) atoms. The lowest BCUT2D eigenvalue weighted by molar-refractivity contribution is -0.206. The van der Waals surface area contributed by atoms with Crippen molar-refractivity contribution >= 4 is 6.03 Å². The third-order valence-corrected chi connectivity index (χ3v) is 7.32. The van der Waals surface area contributed by atoms with Crippen LogP contribution < -0.4 is 5.32 Å². The molecule has 2 aliphatic heterocycles. The maximum atomic E-state index is 13.4. The second-order valence-electron chi connectivity index (χ2n) is 8.99. The fourth-order valence-corrected chi connectivity index (χ4v) is 5.86. The summed E-state index contributed by atoms with van der Waals surface area (Å²) in [6, 6.07) is 0.580. The fraction of sp³-hybridized carbons (Fsp3) is 0.947. The molecule has 1 N–H and O–H groups in total. The van der Waals surface area contributed by atoms with Gasteiger partial charge in [0, 0.05) is 18.1 Å². The van der Waals surface area contributed by atoms with E-state index < -0.39 is 12.1 Å². The van der Waals surface area contributed by atoms with Crippen LogP contribution in [0, 0.1) is 23.7 Å². The zero-order chi connectivity index (χ0) is 17.8. The number of amides is 2. The molecule has 0 aromatic rings. The topological polar surface area (TPSA) is 32.3 Å². The van der Waals surface area contributed by atoms with Gasteiger partial charge in [-0.1, -0.05) is 26.2 Å². The third-order valence-electron chi connectivity index (χ3n) is 7.32. The Bertz CT molecular complexity index is 507. The molecule has 5 fully saturated rings. The van der Waals surface area contributed by atoms with Gasteiger partial charge in [-0.05, 0) is 56.3 Å². The fourth-order valence-electron chi connectivity index (χ4n) is 5.86. The molecule has 3 aliphatic carbocycles. The van der Waals surface area contributed by atoms with Gasteiger partial charge in [0.2, 0.25) is 0 Å². The minimum atomic E-state index is -4.10. The monoisotopic (exact) mass is 358 g/mol.